The van der Waals surface area contributed by atoms with Crippen molar-refractivity contribution in [3.8, 4) is 6.07 Å². The molecule has 2 aromatic rings. The van der Waals surface area contributed by atoms with Crippen LogP contribution in [-0.4, -0.2) is 26.9 Å². The maximum absolute atomic E-state index is 9.35. The molecule has 0 aliphatic rings. The van der Waals surface area contributed by atoms with Gasteiger partial charge in [-0.1, -0.05) is 13.0 Å². The fraction of sp³-hybridized carbons (Fsp3) is 0.375. The van der Waals surface area contributed by atoms with Gasteiger partial charge in [-0.2, -0.15) is 14.9 Å². The Morgan fingerprint density at radius 1 is 1.48 bits per heavy atom. The van der Waals surface area contributed by atoms with Crippen LogP contribution in [-0.2, 0) is 0 Å². The Bertz CT molecular complexity index is 808. The monoisotopic (exact) mass is 311 g/mol. The fourth-order valence-electron chi connectivity index (χ4n) is 2.18. The number of hydrogen-bond acceptors (Lipinski definition) is 6. The second-order valence-electron chi connectivity index (χ2n) is 5.29. The van der Waals surface area contributed by atoms with Gasteiger partial charge in [0.05, 0.1) is 5.69 Å². The Kier molecular flexibility index (Phi) is 4.96. The minimum absolute atomic E-state index is 0.274. The lowest BCUT2D eigenvalue weighted by Gasteiger charge is -2.10. The third-order valence-corrected chi connectivity index (χ3v) is 3.62. The summed E-state index contributed by atoms with van der Waals surface area (Å²) < 4.78 is 1.50. The maximum Gasteiger partial charge on any atom is 0.162 e. The number of nitrogens with one attached hydrogen (secondary N) is 2. The molecule has 7 heteroatoms. The molecule has 0 aromatic carbocycles. The molecule has 0 saturated heterocycles. The smallest absolute Gasteiger partial charge is 0.162 e. The number of aryl methyl sites for hydroxylation is 2. The number of rotatable bonds is 6. The molecule has 23 heavy (non-hydrogen) atoms. The maximum atomic E-state index is 9.35. The van der Waals surface area contributed by atoms with Crippen LogP contribution in [0.1, 0.15) is 36.6 Å². The fourth-order valence-corrected chi connectivity index (χ4v) is 2.18. The first-order chi connectivity index (χ1) is 11.0. The van der Waals surface area contributed by atoms with E-state index < -0.39 is 0 Å². The van der Waals surface area contributed by atoms with E-state index in [9.17, 15) is 5.26 Å². The van der Waals surface area contributed by atoms with E-state index in [1.165, 1.54) is 4.52 Å². The molecule has 0 spiro atoms. The summed E-state index contributed by atoms with van der Waals surface area (Å²) >= 11 is 0. The molecular weight excluding hydrogens is 290 g/mol. The van der Waals surface area contributed by atoms with Crippen LogP contribution in [0, 0.1) is 30.6 Å². The number of fused-ring (bicyclic) bond motifs is 1. The molecule has 0 bridgehead atoms. The van der Waals surface area contributed by atoms with Crippen molar-refractivity contribution in [2.24, 2.45) is 0 Å². The highest BCUT2D eigenvalue weighted by Gasteiger charge is 2.16. The molecule has 0 atom stereocenters. The third kappa shape index (κ3) is 3.31. The quantitative estimate of drug-likeness (QED) is 0.709. The van der Waals surface area contributed by atoms with Crippen LogP contribution in [0.15, 0.2) is 12.2 Å². The first-order valence-electron chi connectivity index (χ1n) is 7.52. The normalized spacial score (nSPS) is 11.0. The van der Waals surface area contributed by atoms with Crippen molar-refractivity contribution < 1.29 is 0 Å². The molecule has 0 aliphatic carbocycles. The van der Waals surface area contributed by atoms with E-state index in [1.54, 1.807) is 6.08 Å². The molecule has 2 heterocycles. The molecule has 0 aliphatic heterocycles. The summed E-state index contributed by atoms with van der Waals surface area (Å²) in [6, 6.07) is 2.08. The van der Waals surface area contributed by atoms with Crippen molar-refractivity contribution in [1.82, 2.24) is 14.6 Å². The zero-order valence-corrected chi connectivity index (χ0v) is 13.6. The molecule has 0 saturated carbocycles. The van der Waals surface area contributed by atoms with Crippen molar-refractivity contribution in [2.45, 2.75) is 33.6 Å². The number of aromatic nitrogens is 3. The van der Waals surface area contributed by atoms with E-state index >= 15 is 0 Å². The molecule has 2 rings (SSSR count). The van der Waals surface area contributed by atoms with Crippen LogP contribution >= 0.6 is 0 Å². The molecule has 0 unspecified atom stereocenters. The van der Waals surface area contributed by atoms with Gasteiger partial charge >= 0.3 is 0 Å². The second-order valence-corrected chi connectivity index (χ2v) is 5.29. The summed E-state index contributed by atoms with van der Waals surface area (Å²) in [6.07, 6.45) is 5.19. The highest BCUT2D eigenvalue weighted by Crippen LogP contribution is 2.24. The minimum Gasteiger partial charge on any atom is -0.382 e. The van der Waals surface area contributed by atoms with Crippen LogP contribution in [0.4, 0.5) is 11.6 Å². The first kappa shape index (κ1) is 16.5. The van der Waals surface area contributed by atoms with Crippen molar-refractivity contribution in [1.29, 1.82) is 10.7 Å². The Hall–Kier alpha value is -2.88. The highest BCUT2D eigenvalue weighted by molar-refractivity contribution is 5.92. The van der Waals surface area contributed by atoms with Crippen LogP contribution in [0.25, 0.3) is 5.65 Å². The number of nitrogens with zero attached hydrogens (tertiary/aromatic N) is 4. The summed E-state index contributed by atoms with van der Waals surface area (Å²) in [6.45, 7) is 6.34. The number of nitrogens with two attached hydrogens (primary N) is 1. The van der Waals surface area contributed by atoms with E-state index in [4.69, 9.17) is 11.1 Å². The summed E-state index contributed by atoms with van der Waals surface area (Å²) in [7, 11) is 0. The summed E-state index contributed by atoms with van der Waals surface area (Å²) in [4.78, 5) is 4.48. The van der Waals surface area contributed by atoms with Gasteiger partial charge in [0.25, 0.3) is 0 Å². The summed E-state index contributed by atoms with van der Waals surface area (Å²) in [5, 5.41) is 24.6. The Balaban J connectivity index is 2.26. The molecular formula is C16H21N7. The number of nitrogen functional groups attached to an aromatic ring is 1. The molecule has 4 N–H and O–H groups in total. The average molecular weight is 311 g/mol. The standard InChI is InChI=1S/C16H21N7/c1-4-5-6-12(18)7-8-20-15-13(9-17)14(19)23-16(21-15)10(2)11(3)22-23/h5-6,18H,4,7-8,19H2,1-3H3,(H,20,21)/b6-5-,18-12?. The van der Waals surface area contributed by atoms with Crippen LogP contribution < -0.4 is 11.1 Å². The predicted molar refractivity (Wildman–Crippen MR) is 91.9 cm³/mol. The first-order valence-corrected chi connectivity index (χ1v) is 7.52. The van der Waals surface area contributed by atoms with Crippen LogP contribution in [0.2, 0.25) is 0 Å². The molecule has 7 nitrogen and oxygen atoms in total. The number of allylic oxidation sites excluding steroid dienone is 2. The molecule has 2 aromatic heterocycles. The zero-order chi connectivity index (χ0) is 17.0. The van der Waals surface area contributed by atoms with Gasteiger partial charge in [-0.25, -0.2) is 4.98 Å². The number of anilines is 2. The van der Waals surface area contributed by atoms with Crippen LogP contribution in [0.3, 0.4) is 0 Å². The molecule has 0 amide bonds. The topological polar surface area (TPSA) is 116 Å². The number of nitriles is 1. The summed E-state index contributed by atoms with van der Waals surface area (Å²) in [5.74, 6) is 0.713. The average Bonchev–Trinajstić information content (AvgIpc) is 2.81. The van der Waals surface area contributed by atoms with Crippen molar-refractivity contribution in [2.75, 3.05) is 17.6 Å². The van der Waals surface area contributed by atoms with Crippen molar-refractivity contribution >= 4 is 23.0 Å². The SMILES string of the molecule is CC/C=C\C(=N)CCNc1nc2c(C)c(C)nn2c(N)c1C#N. The lowest BCUT2D eigenvalue weighted by molar-refractivity contribution is 0.923. The van der Waals surface area contributed by atoms with Gasteiger partial charge in [0.15, 0.2) is 5.65 Å². The number of hydrogen-bond donors (Lipinski definition) is 3. The van der Waals surface area contributed by atoms with Crippen LogP contribution in [0.5, 0.6) is 0 Å². The lowest BCUT2D eigenvalue weighted by atomic mass is 10.2. The van der Waals surface area contributed by atoms with E-state index in [2.05, 4.69) is 21.5 Å². The predicted octanol–water partition coefficient (Wildman–Crippen LogP) is 2.59. The second kappa shape index (κ2) is 6.92. The van der Waals surface area contributed by atoms with Gasteiger partial charge in [-0.3, -0.25) is 0 Å². The Morgan fingerprint density at radius 2 is 2.22 bits per heavy atom. The minimum atomic E-state index is 0.274. The van der Waals surface area contributed by atoms with E-state index in [-0.39, 0.29) is 11.4 Å². The molecule has 0 radical (unpaired) electrons. The van der Waals surface area contributed by atoms with E-state index in [1.807, 2.05) is 26.8 Å². The zero-order valence-electron chi connectivity index (χ0n) is 13.6. The Labute approximate surface area is 135 Å². The molecule has 120 valence electrons. The van der Waals surface area contributed by atoms with E-state index in [0.29, 0.717) is 30.1 Å². The van der Waals surface area contributed by atoms with Crippen molar-refractivity contribution in [3.63, 3.8) is 0 Å². The lowest BCUT2D eigenvalue weighted by Crippen LogP contribution is -2.12. The highest BCUT2D eigenvalue weighted by atomic mass is 15.3. The Morgan fingerprint density at radius 3 is 2.87 bits per heavy atom. The van der Waals surface area contributed by atoms with Gasteiger partial charge in [-0.05, 0) is 26.3 Å². The van der Waals surface area contributed by atoms with Crippen molar-refractivity contribution in [3.05, 3.63) is 29.0 Å². The summed E-state index contributed by atoms with van der Waals surface area (Å²) in [5.41, 5.74) is 9.26. The van der Waals surface area contributed by atoms with E-state index in [0.717, 1.165) is 17.7 Å². The van der Waals surface area contributed by atoms with Gasteiger partial charge in [0.1, 0.15) is 23.3 Å². The van der Waals surface area contributed by atoms with Gasteiger partial charge in [0, 0.05) is 24.2 Å². The van der Waals surface area contributed by atoms with Gasteiger partial charge in [0.2, 0.25) is 0 Å². The van der Waals surface area contributed by atoms with Gasteiger partial charge < -0.3 is 16.5 Å². The largest absolute Gasteiger partial charge is 0.382 e. The third-order valence-electron chi connectivity index (χ3n) is 3.62. The molecule has 0 fully saturated rings. The van der Waals surface area contributed by atoms with Gasteiger partial charge in [-0.15, -0.1) is 0 Å².